The van der Waals surface area contributed by atoms with Gasteiger partial charge in [0.1, 0.15) is 5.92 Å². The predicted molar refractivity (Wildman–Crippen MR) is 79.9 cm³/mol. The number of piperazine rings is 1. The van der Waals surface area contributed by atoms with Crippen molar-refractivity contribution in [2.24, 2.45) is 11.8 Å². The van der Waals surface area contributed by atoms with Gasteiger partial charge in [-0.1, -0.05) is 25.7 Å². The molecule has 0 aromatic heterocycles. The second-order valence-electron chi connectivity index (χ2n) is 6.53. The molecule has 2 rings (SSSR count). The molecular weight excluding hydrogens is 268 g/mol. The molecule has 21 heavy (non-hydrogen) atoms. The molecule has 120 valence electrons. The standard InChI is InChI=1S/C16H28N2O3/c1-17-9-11-18(12-10-17)15(19)14(16(20)21-2)13-7-5-3-4-6-8-13/h13-14H,3-12H2,1-2H3/p+1/t14-/m0/s1. The fourth-order valence-electron chi connectivity index (χ4n) is 3.57. The zero-order chi connectivity index (χ0) is 15.2. The number of nitrogens with zero attached hydrogens (tertiary/aromatic N) is 1. The molecule has 1 heterocycles. The molecule has 1 aliphatic carbocycles. The normalized spacial score (nSPS) is 23.4. The van der Waals surface area contributed by atoms with E-state index in [9.17, 15) is 9.59 Å². The number of rotatable bonds is 3. The van der Waals surface area contributed by atoms with Crippen molar-refractivity contribution >= 4 is 11.9 Å². The zero-order valence-corrected chi connectivity index (χ0v) is 13.4. The summed E-state index contributed by atoms with van der Waals surface area (Å²) in [5, 5.41) is 0. The van der Waals surface area contributed by atoms with Gasteiger partial charge in [-0.25, -0.2) is 0 Å². The van der Waals surface area contributed by atoms with E-state index in [1.807, 2.05) is 4.90 Å². The first-order chi connectivity index (χ1) is 10.1. The first-order valence-electron chi connectivity index (χ1n) is 8.31. The number of likely N-dealkylation sites (N-methyl/N-ethyl adjacent to an activating group) is 1. The smallest absolute Gasteiger partial charge is 0.318 e. The molecule has 0 radical (unpaired) electrons. The fourth-order valence-corrected chi connectivity index (χ4v) is 3.57. The van der Waals surface area contributed by atoms with Crippen LogP contribution in [0.1, 0.15) is 38.5 Å². The van der Waals surface area contributed by atoms with Gasteiger partial charge < -0.3 is 14.5 Å². The summed E-state index contributed by atoms with van der Waals surface area (Å²) in [7, 11) is 3.54. The van der Waals surface area contributed by atoms with E-state index in [0.717, 1.165) is 51.9 Å². The van der Waals surface area contributed by atoms with E-state index in [4.69, 9.17) is 4.74 Å². The van der Waals surface area contributed by atoms with Crippen LogP contribution >= 0.6 is 0 Å². The number of methoxy groups -OCH3 is 1. The van der Waals surface area contributed by atoms with Crippen LogP contribution in [0.25, 0.3) is 0 Å². The van der Waals surface area contributed by atoms with E-state index >= 15 is 0 Å². The molecule has 0 aromatic carbocycles. The minimum atomic E-state index is -0.577. The average molecular weight is 297 g/mol. The van der Waals surface area contributed by atoms with Crippen LogP contribution in [0.3, 0.4) is 0 Å². The van der Waals surface area contributed by atoms with E-state index in [2.05, 4.69) is 7.05 Å². The Labute approximate surface area is 127 Å². The van der Waals surface area contributed by atoms with Gasteiger partial charge in [0.2, 0.25) is 5.91 Å². The Morgan fingerprint density at radius 3 is 2.19 bits per heavy atom. The summed E-state index contributed by atoms with van der Waals surface area (Å²) in [5.41, 5.74) is 0. The molecule has 1 atom stereocenters. The molecule has 1 amide bonds. The zero-order valence-electron chi connectivity index (χ0n) is 13.4. The maximum atomic E-state index is 12.8. The van der Waals surface area contributed by atoms with Crippen LogP contribution in [0.5, 0.6) is 0 Å². The maximum Gasteiger partial charge on any atom is 0.318 e. The fraction of sp³-hybridized carbons (Fsp3) is 0.875. The molecule has 0 spiro atoms. The third-order valence-electron chi connectivity index (χ3n) is 5.02. The Bertz CT molecular complexity index is 357. The minimum Gasteiger partial charge on any atom is -0.468 e. The first kappa shape index (κ1) is 16.3. The van der Waals surface area contributed by atoms with Crippen molar-refractivity contribution in [3.63, 3.8) is 0 Å². The van der Waals surface area contributed by atoms with Crippen LogP contribution in [0.15, 0.2) is 0 Å². The van der Waals surface area contributed by atoms with Gasteiger partial charge in [0.25, 0.3) is 0 Å². The lowest BCUT2D eigenvalue weighted by atomic mass is 9.85. The summed E-state index contributed by atoms with van der Waals surface area (Å²) in [6.07, 6.45) is 6.64. The molecule has 1 aliphatic heterocycles. The number of carbonyl (C=O) groups is 2. The van der Waals surface area contributed by atoms with Crippen molar-refractivity contribution in [3.8, 4) is 0 Å². The summed E-state index contributed by atoms with van der Waals surface area (Å²) in [6.45, 7) is 3.43. The number of hydrogen-bond donors (Lipinski definition) is 1. The predicted octanol–water partition coefficient (Wildman–Crippen LogP) is 0.103. The number of carbonyl (C=O) groups excluding carboxylic acids is 2. The van der Waals surface area contributed by atoms with Gasteiger partial charge in [-0.05, 0) is 18.8 Å². The molecule has 1 N–H and O–H groups in total. The lowest BCUT2D eigenvalue weighted by Crippen LogP contribution is -3.12. The summed E-state index contributed by atoms with van der Waals surface area (Å²) < 4.78 is 4.95. The van der Waals surface area contributed by atoms with Crippen LogP contribution in [0.2, 0.25) is 0 Å². The monoisotopic (exact) mass is 297 g/mol. The van der Waals surface area contributed by atoms with Gasteiger partial charge in [-0.15, -0.1) is 0 Å². The lowest BCUT2D eigenvalue weighted by molar-refractivity contribution is -0.883. The summed E-state index contributed by atoms with van der Waals surface area (Å²) in [5.74, 6) is -0.745. The van der Waals surface area contributed by atoms with Gasteiger partial charge in [0.05, 0.1) is 40.3 Å². The molecule has 0 bridgehead atoms. The number of esters is 1. The van der Waals surface area contributed by atoms with Crippen LogP contribution in [0.4, 0.5) is 0 Å². The molecular formula is C16H29N2O3+. The van der Waals surface area contributed by atoms with Gasteiger partial charge in [-0.3, -0.25) is 9.59 Å². The van der Waals surface area contributed by atoms with Crippen molar-refractivity contribution in [2.75, 3.05) is 40.3 Å². The van der Waals surface area contributed by atoms with E-state index in [-0.39, 0.29) is 17.8 Å². The summed E-state index contributed by atoms with van der Waals surface area (Å²) >= 11 is 0. The third-order valence-corrected chi connectivity index (χ3v) is 5.02. The molecule has 1 saturated carbocycles. The maximum absolute atomic E-state index is 12.8. The number of nitrogens with one attached hydrogen (secondary N) is 1. The third kappa shape index (κ3) is 4.19. The van der Waals surface area contributed by atoms with Crippen molar-refractivity contribution in [3.05, 3.63) is 0 Å². The Balaban J connectivity index is 2.07. The van der Waals surface area contributed by atoms with Crippen molar-refractivity contribution in [1.29, 1.82) is 0 Å². The van der Waals surface area contributed by atoms with E-state index in [0.29, 0.717) is 0 Å². The minimum absolute atomic E-state index is 0.00116. The first-order valence-corrected chi connectivity index (χ1v) is 8.31. The number of hydrogen-bond acceptors (Lipinski definition) is 3. The van der Waals surface area contributed by atoms with Crippen LogP contribution in [0, 0.1) is 11.8 Å². The number of ether oxygens (including phenoxy) is 1. The highest BCUT2D eigenvalue weighted by molar-refractivity contribution is 5.98. The van der Waals surface area contributed by atoms with Crippen molar-refractivity contribution in [1.82, 2.24) is 4.90 Å². The topological polar surface area (TPSA) is 51.1 Å². The van der Waals surface area contributed by atoms with Crippen LogP contribution in [-0.4, -0.2) is 57.1 Å². The largest absolute Gasteiger partial charge is 0.468 e. The molecule has 0 aromatic rings. The lowest BCUT2D eigenvalue weighted by Gasteiger charge is -2.34. The molecule has 1 saturated heterocycles. The highest BCUT2D eigenvalue weighted by Gasteiger charge is 2.39. The van der Waals surface area contributed by atoms with Crippen LogP contribution in [-0.2, 0) is 14.3 Å². The second-order valence-corrected chi connectivity index (χ2v) is 6.53. The van der Waals surface area contributed by atoms with Crippen molar-refractivity contribution in [2.45, 2.75) is 38.5 Å². The Kier molecular flexibility index (Phi) is 6.03. The molecule has 2 fully saturated rings. The van der Waals surface area contributed by atoms with Gasteiger partial charge in [0, 0.05) is 0 Å². The highest BCUT2D eigenvalue weighted by Crippen LogP contribution is 2.31. The average Bonchev–Trinajstić information content (AvgIpc) is 2.77. The molecule has 2 aliphatic rings. The Morgan fingerprint density at radius 2 is 1.67 bits per heavy atom. The molecule has 5 heteroatoms. The SMILES string of the molecule is COC(=O)[C@H](C(=O)N1CC[NH+](C)CC1)C1CCCCCC1. The Morgan fingerprint density at radius 1 is 1.10 bits per heavy atom. The van der Waals surface area contributed by atoms with E-state index in [1.54, 1.807) is 0 Å². The van der Waals surface area contributed by atoms with Gasteiger partial charge in [-0.2, -0.15) is 0 Å². The second kappa shape index (κ2) is 7.78. The summed E-state index contributed by atoms with van der Waals surface area (Å²) in [6, 6.07) is 0. The number of quaternary nitrogens is 1. The number of amides is 1. The molecule has 0 unspecified atom stereocenters. The van der Waals surface area contributed by atoms with Gasteiger partial charge >= 0.3 is 5.97 Å². The van der Waals surface area contributed by atoms with Crippen molar-refractivity contribution < 1.29 is 19.2 Å². The quantitative estimate of drug-likeness (QED) is 0.457. The molecule has 5 nitrogen and oxygen atoms in total. The van der Waals surface area contributed by atoms with Gasteiger partial charge in [0.15, 0.2) is 0 Å². The highest BCUT2D eigenvalue weighted by atomic mass is 16.5. The summed E-state index contributed by atoms with van der Waals surface area (Å²) in [4.78, 5) is 28.4. The Hall–Kier alpha value is -1.10. The van der Waals surface area contributed by atoms with E-state index in [1.165, 1.54) is 24.9 Å². The van der Waals surface area contributed by atoms with Crippen LogP contribution < -0.4 is 4.90 Å². The van der Waals surface area contributed by atoms with E-state index < -0.39 is 5.92 Å².